The van der Waals surface area contributed by atoms with Gasteiger partial charge in [-0.25, -0.2) is 4.79 Å². The second-order valence-electron chi connectivity index (χ2n) is 4.67. The first-order chi connectivity index (χ1) is 8.74. The van der Waals surface area contributed by atoms with Crippen molar-refractivity contribution in [3.63, 3.8) is 0 Å². The third-order valence-corrected chi connectivity index (χ3v) is 3.08. The van der Waals surface area contributed by atoms with Crippen molar-refractivity contribution in [2.24, 2.45) is 0 Å². The Balaban J connectivity index is 1.92. The molecule has 4 nitrogen and oxygen atoms in total. The molecule has 1 amide bonds. The molecular weight excluding hydrogens is 230 g/mol. The quantitative estimate of drug-likeness (QED) is 0.390. The lowest BCUT2D eigenvalue weighted by Gasteiger charge is -2.09. The van der Waals surface area contributed by atoms with Gasteiger partial charge in [-0.05, 0) is 25.7 Å². The number of amides is 1. The minimum Gasteiger partial charge on any atom is -0.464 e. The highest BCUT2D eigenvalue weighted by molar-refractivity contribution is 5.87. The molecule has 0 bridgehead atoms. The van der Waals surface area contributed by atoms with Gasteiger partial charge in [0.25, 0.3) is 0 Å². The summed E-state index contributed by atoms with van der Waals surface area (Å²) in [5.74, 6) is -0.341. The fraction of sp³-hybridized carbons (Fsp3) is 0.714. The Kier molecular flexibility index (Phi) is 7.14. The second kappa shape index (κ2) is 8.72. The van der Waals surface area contributed by atoms with Gasteiger partial charge in [0, 0.05) is 6.42 Å². The van der Waals surface area contributed by atoms with Gasteiger partial charge in [0.2, 0.25) is 5.91 Å². The van der Waals surface area contributed by atoms with Crippen molar-refractivity contribution in [3.8, 4) is 0 Å². The fourth-order valence-corrected chi connectivity index (χ4v) is 1.99. The van der Waals surface area contributed by atoms with Gasteiger partial charge < -0.3 is 10.1 Å². The molecule has 0 unspecified atom stereocenters. The zero-order valence-corrected chi connectivity index (χ0v) is 11.0. The molecule has 18 heavy (non-hydrogen) atoms. The van der Waals surface area contributed by atoms with Gasteiger partial charge in [0.05, 0.1) is 6.61 Å². The molecule has 102 valence electrons. The van der Waals surface area contributed by atoms with Gasteiger partial charge in [-0.15, -0.1) is 6.58 Å². The summed E-state index contributed by atoms with van der Waals surface area (Å²) in [6, 6.07) is -0.412. The van der Waals surface area contributed by atoms with Crippen LogP contribution in [0.15, 0.2) is 12.7 Å². The van der Waals surface area contributed by atoms with Crippen molar-refractivity contribution in [2.45, 2.75) is 57.4 Å². The van der Waals surface area contributed by atoms with Crippen molar-refractivity contribution >= 4 is 11.9 Å². The maximum atomic E-state index is 11.5. The van der Waals surface area contributed by atoms with Crippen LogP contribution in [-0.4, -0.2) is 24.5 Å². The highest BCUT2D eigenvalue weighted by atomic mass is 16.5. The van der Waals surface area contributed by atoms with Gasteiger partial charge in [0.15, 0.2) is 0 Å². The van der Waals surface area contributed by atoms with Crippen LogP contribution in [0.25, 0.3) is 0 Å². The number of hydrogen-bond acceptors (Lipinski definition) is 3. The molecular formula is C14H23NO3. The maximum absolute atomic E-state index is 11.5. The smallest absolute Gasteiger partial charge is 0.328 e. The van der Waals surface area contributed by atoms with E-state index in [0.29, 0.717) is 19.4 Å². The number of rotatable bonds is 9. The number of nitrogens with one attached hydrogen (secondary N) is 1. The predicted molar refractivity (Wildman–Crippen MR) is 70.0 cm³/mol. The normalized spacial score (nSPS) is 18.4. The van der Waals surface area contributed by atoms with E-state index in [2.05, 4.69) is 11.9 Å². The molecule has 0 aromatic carbocycles. The third kappa shape index (κ3) is 5.84. The van der Waals surface area contributed by atoms with E-state index in [9.17, 15) is 9.59 Å². The number of allylic oxidation sites excluding steroid dienone is 1. The lowest BCUT2D eigenvalue weighted by Crippen LogP contribution is -2.34. The fourth-order valence-electron chi connectivity index (χ4n) is 1.99. The highest BCUT2D eigenvalue weighted by Gasteiger charge is 2.28. The average molecular weight is 253 g/mol. The molecule has 4 heteroatoms. The van der Waals surface area contributed by atoms with Gasteiger partial charge in [-0.1, -0.05) is 25.3 Å². The first-order valence-corrected chi connectivity index (χ1v) is 6.81. The summed E-state index contributed by atoms with van der Waals surface area (Å²) < 4.78 is 5.13. The van der Waals surface area contributed by atoms with Crippen molar-refractivity contribution in [2.75, 3.05) is 6.61 Å². The van der Waals surface area contributed by atoms with Gasteiger partial charge in [-0.3, -0.25) is 4.79 Å². The lowest BCUT2D eigenvalue weighted by atomic mass is 10.1. The van der Waals surface area contributed by atoms with Crippen LogP contribution in [0.1, 0.15) is 51.4 Å². The first-order valence-electron chi connectivity index (χ1n) is 6.81. The molecule has 1 rings (SSSR count). The number of unbranched alkanes of at least 4 members (excludes halogenated alkanes) is 5. The van der Waals surface area contributed by atoms with Crippen molar-refractivity contribution in [1.29, 1.82) is 0 Å². The zero-order chi connectivity index (χ0) is 13.2. The largest absolute Gasteiger partial charge is 0.464 e. The molecule has 0 spiro atoms. The summed E-state index contributed by atoms with van der Waals surface area (Å²) in [7, 11) is 0. The van der Waals surface area contributed by atoms with E-state index in [1.165, 1.54) is 19.3 Å². The van der Waals surface area contributed by atoms with Crippen LogP contribution in [0.3, 0.4) is 0 Å². The highest BCUT2D eigenvalue weighted by Crippen LogP contribution is 2.09. The predicted octanol–water partition coefficient (Wildman–Crippen LogP) is 2.33. The van der Waals surface area contributed by atoms with Crippen LogP contribution in [-0.2, 0) is 14.3 Å². The first kappa shape index (κ1) is 14.7. The summed E-state index contributed by atoms with van der Waals surface area (Å²) in [5, 5.41) is 2.61. The number of ether oxygens (including phenoxy) is 1. The van der Waals surface area contributed by atoms with E-state index < -0.39 is 6.04 Å². The zero-order valence-electron chi connectivity index (χ0n) is 11.0. The summed E-state index contributed by atoms with van der Waals surface area (Å²) >= 11 is 0. The molecule has 1 N–H and O–H groups in total. The number of carbonyl (C=O) groups is 2. The van der Waals surface area contributed by atoms with Crippen molar-refractivity contribution in [1.82, 2.24) is 5.32 Å². The van der Waals surface area contributed by atoms with Crippen LogP contribution in [0.4, 0.5) is 0 Å². The molecule has 0 aromatic rings. The molecule has 0 aromatic heterocycles. The Hall–Kier alpha value is -1.32. The SMILES string of the molecule is C=CCCCCCCCOC(=O)[C@@H]1CCC(=O)N1. The Morgan fingerprint density at radius 2 is 2.06 bits per heavy atom. The lowest BCUT2D eigenvalue weighted by molar-refractivity contribution is -0.146. The van der Waals surface area contributed by atoms with Crippen molar-refractivity contribution in [3.05, 3.63) is 12.7 Å². The average Bonchev–Trinajstić information content (AvgIpc) is 2.79. The van der Waals surface area contributed by atoms with Crippen LogP contribution in [0.5, 0.6) is 0 Å². The molecule has 1 aliphatic heterocycles. The second-order valence-corrected chi connectivity index (χ2v) is 4.67. The maximum Gasteiger partial charge on any atom is 0.328 e. The molecule has 0 saturated carbocycles. The number of esters is 1. The summed E-state index contributed by atoms with van der Waals surface area (Å²) in [6.07, 6.45) is 9.58. The summed E-state index contributed by atoms with van der Waals surface area (Å²) in [4.78, 5) is 22.5. The van der Waals surface area contributed by atoms with Crippen LogP contribution in [0, 0.1) is 0 Å². The Bertz CT molecular complexity index is 289. The Labute approximate surface area is 109 Å². The Morgan fingerprint density at radius 3 is 2.72 bits per heavy atom. The van der Waals surface area contributed by atoms with E-state index in [-0.39, 0.29) is 11.9 Å². The molecule has 1 atom stereocenters. The standard InChI is InChI=1S/C14H23NO3/c1-2-3-4-5-6-7-8-11-18-14(17)12-9-10-13(16)15-12/h2,12H,1,3-11H2,(H,15,16)/t12-/m0/s1. The Morgan fingerprint density at radius 1 is 1.33 bits per heavy atom. The molecule has 1 saturated heterocycles. The van der Waals surface area contributed by atoms with Gasteiger partial charge >= 0.3 is 5.97 Å². The van der Waals surface area contributed by atoms with E-state index in [4.69, 9.17) is 4.74 Å². The van der Waals surface area contributed by atoms with E-state index in [0.717, 1.165) is 19.3 Å². The minimum atomic E-state index is -0.412. The van der Waals surface area contributed by atoms with E-state index in [1.54, 1.807) is 0 Å². The molecule has 0 radical (unpaired) electrons. The molecule has 0 aliphatic carbocycles. The van der Waals surface area contributed by atoms with Crippen LogP contribution >= 0.6 is 0 Å². The summed E-state index contributed by atoms with van der Waals surface area (Å²) in [6.45, 7) is 4.15. The molecule has 1 aliphatic rings. The van der Waals surface area contributed by atoms with Crippen LogP contribution in [0.2, 0.25) is 0 Å². The monoisotopic (exact) mass is 253 g/mol. The van der Waals surface area contributed by atoms with E-state index >= 15 is 0 Å². The van der Waals surface area contributed by atoms with E-state index in [1.807, 2.05) is 6.08 Å². The van der Waals surface area contributed by atoms with Crippen LogP contribution < -0.4 is 5.32 Å². The number of carbonyl (C=O) groups excluding carboxylic acids is 2. The van der Waals surface area contributed by atoms with Gasteiger partial charge in [0.1, 0.15) is 6.04 Å². The number of hydrogen-bond donors (Lipinski definition) is 1. The van der Waals surface area contributed by atoms with Gasteiger partial charge in [-0.2, -0.15) is 0 Å². The topological polar surface area (TPSA) is 55.4 Å². The molecule has 1 fully saturated rings. The molecule has 1 heterocycles. The third-order valence-electron chi connectivity index (χ3n) is 3.08. The minimum absolute atomic E-state index is 0.0563. The summed E-state index contributed by atoms with van der Waals surface area (Å²) in [5.41, 5.74) is 0. The van der Waals surface area contributed by atoms with Crippen molar-refractivity contribution < 1.29 is 14.3 Å².